The van der Waals surface area contributed by atoms with E-state index in [0.717, 1.165) is 5.69 Å². The molecule has 0 unspecified atom stereocenters. The molecule has 37 heavy (non-hydrogen) atoms. The Morgan fingerprint density at radius 2 is 0.730 bits per heavy atom. The first-order valence-corrected chi connectivity index (χ1v) is 11.4. The zero-order chi connectivity index (χ0) is 26.6. The molecule has 0 aliphatic heterocycles. The van der Waals surface area contributed by atoms with Gasteiger partial charge in [-0.25, -0.2) is 0 Å². The Bertz CT molecular complexity index is 1180. The van der Waals surface area contributed by atoms with Gasteiger partial charge in [0.2, 0.25) is 0 Å². The van der Waals surface area contributed by atoms with Gasteiger partial charge in [0, 0.05) is 48.5 Å². The average molecular weight is 498 g/mol. The third kappa shape index (κ3) is 5.35. The number of hydrogen-bond acceptors (Lipinski definition) is 8. The molecule has 0 aliphatic rings. The van der Waals surface area contributed by atoms with Crippen LogP contribution in [0.5, 0.6) is 5.75 Å². The molecular formula is C24H24B4NO8+. The van der Waals surface area contributed by atoms with Crippen LogP contribution >= 0.6 is 0 Å². The maximum atomic E-state index is 9.64. The summed E-state index contributed by atoms with van der Waals surface area (Å²) in [6.07, 6.45) is 0. The SMILES string of the molecule is OBOc1ccc([N+](c2ccc(B(O)O)cc2)(c2ccc(B(O)O)cc2)c2ccc(B(O)O)cc2)cc1. The summed E-state index contributed by atoms with van der Waals surface area (Å²) < 4.78 is 5.15. The zero-order valence-electron chi connectivity index (χ0n) is 19.7. The number of rotatable bonds is 9. The van der Waals surface area contributed by atoms with Crippen molar-refractivity contribution in [2.45, 2.75) is 0 Å². The molecule has 184 valence electrons. The normalized spacial score (nSPS) is 11.1. The van der Waals surface area contributed by atoms with Crippen LogP contribution in [0.25, 0.3) is 0 Å². The van der Waals surface area contributed by atoms with Crippen LogP contribution in [0.2, 0.25) is 0 Å². The molecule has 0 bridgehead atoms. The molecule has 4 aromatic rings. The molecule has 7 N–H and O–H groups in total. The Kier molecular flexibility index (Phi) is 8.18. The summed E-state index contributed by atoms with van der Waals surface area (Å²) in [5.74, 6) is 0.445. The number of benzene rings is 4. The number of hydrogen-bond donors (Lipinski definition) is 7. The van der Waals surface area contributed by atoms with E-state index in [2.05, 4.69) is 0 Å². The molecule has 4 aromatic carbocycles. The topological polar surface area (TPSA) is 151 Å². The fraction of sp³-hybridized carbons (Fsp3) is 0. The minimum absolute atomic E-state index is 0.0508. The highest BCUT2D eigenvalue weighted by molar-refractivity contribution is 6.59. The molecule has 0 fully saturated rings. The van der Waals surface area contributed by atoms with Gasteiger partial charge in [-0.05, 0) is 28.5 Å². The van der Waals surface area contributed by atoms with E-state index >= 15 is 0 Å². The summed E-state index contributed by atoms with van der Waals surface area (Å²) in [7, 11) is -5.44. The Hall–Kier alpha value is -3.38. The molecule has 0 saturated carbocycles. The van der Waals surface area contributed by atoms with E-state index in [1.54, 1.807) is 84.9 Å². The van der Waals surface area contributed by atoms with Gasteiger partial charge in [-0.15, -0.1) is 0 Å². The van der Waals surface area contributed by atoms with Crippen molar-refractivity contribution in [2.24, 2.45) is 0 Å². The molecule has 0 saturated heterocycles. The lowest BCUT2D eigenvalue weighted by molar-refractivity contribution is 0.424. The molecule has 0 spiro atoms. The summed E-state index contributed by atoms with van der Waals surface area (Å²) in [4.78, 5) is 0. The molecule has 0 radical (unpaired) electrons. The van der Waals surface area contributed by atoms with Gasteiger partial charge in [-0.2, -0.15) is 4.48 Å². The maximum absolute atomic E-state index is 9.64. The standard InChI is InChI=1S/C24H24B4NO8/c30-25-37-24-15-13-23(14-16-24)29(20-7-1-17(2-8-20)26(31)32,21-9-3-18(4-10-21)27(33)34)22-11-5-19(6-12-22)28(35)36/h1-16,25,30-36H/q+1. The third-order valence-electron chi connectivity index (χ3n) is 6.19. The van der Waals surface area contributed by atoms with Crippen LogP contribution in [-0.2, 0) is 0 Å². The molecule has 0 amide bonds. The third-order valence-corrected chi connectivity index (χ3v) is 6.19. The molecule has 13 heteroatoms. The van der Waals surface area contributed by atoms with E-state index in [9.17, 15) is 30.1 Å². The Labute approximate surface area is 215 Å². The first-order chi connectivity index (χ1) is 17.8. The van der Waals surface area contributed by atoms with Crippen LogP contribution in [-0.4, -0.2) is 64.2 Å². The van der Waals surface area contributed by atoms with E-state index < -0.39 is 29.0 Å². The van der Waals surface area contributed by atoms with E-state index in [4.69, 9.17) is 9.68 Å². The predicted octanol–water partition coefficient (Wildman–Crippen LogP) is -1.33. The molecule has 0 heterocycles. The van der Waals surface area contributed by atoms with E-state index in [-0.39, 0.29) is 4.48 Å². The monoisotopic (exact) mass is 498 g/mol. The van der Waals surface area contributed by atoms with Crippen molar-refractivity contribution < 1.29 is 39.8 Å². The molecule has 0 aliphatic carbocycles. The summed E-state index contributed by atoms with van der Waals surface area (Å²) in [5, 5.41) is 67.0. The van der Waals surface area contributed by atoms with Crippen LogP contribution < -0.4 is 25.5 Å². The fourth-order valence-corrected chi connectivity index (χ4v) is 4.35. The van der Waals surface area contributed by atoms with E-state index in [1.165, 1.54) is 0 Å². The van der Waals surface area contributed by atoms with Crippen LogP contribution in [0.3, 0.4) is 0 Å². The zero-order valence-corrected chi connectivity index (χ0v) is 19.7. The first-order valence-electron chi connectivity index (χ1n) is 11.4. The fourth-order valence-electron chi connectivity index (χ4n) is 4.35. The minimum atomic E-state index is -1.65. The lowest BCUT2D eigenvalue weighted by Gasteiger charge is -2.37. The van der Waals surface area contributed by atoms with Gasteiger partial charge >= 0.3 is 29.0 Å². The van der Waals surface area contributed by atoms with Gasteiger partial charge in [0.1, 0.15) is 28.5 Å². The predicted molar refractivity (Wildman–Crippen MR) is 146 cm³/mol. The van der Waals surface area contributed by atoms with Gasteiger partial charge in [0.05, 0.1) is 0 Å². The van der Waals surface area contributed by atoms with Crippen molar-refractivity contribution in [3.05, 3.63) is 97.1 Å². The van der Waals surface area contributed by atoms with E-state index in [0.29, 0.717) is 39.2 Å². The summed E-state index contributed by atoms with van der Waals surface area (Å²) in [6, 6.07) is 27.0. The minimum Gasteiger partial charge on any atom is -0.539 e. The van der Waals surface area contributed by atoms with Crippen molar-refractivity contribution >= 4 is 68.2 Å². The molecule has 0 aromatic heterocycles. The second-order valence-electron chi connectivity index (χ2n) is 8.33. The van der Waals surface area contributed by atoms with E-state index in [1.807, 2.05) is 12.1 Å². The summed E-state index contributed by atoms with van der Waals surface area (Å²) in [6.45, 7) is 0. The van der Waals surface area contributed by atoms with Crippen LogP contribution in [0, 0.1) is 0 Å². The lowest BCUT2D eigenvalue weighted by atomic mass is 9.79. The van der Waals surface area contributed by atoms with Crippen LogP contribution in [0.15, 0.2) is 97.1 Å². The van der Waals surface area contributed by atoms with Gasteiger partial charge < -0.3 is 39.8 Å². The van der Waals surface area contributed by atoms with Crippen molar-refractivity contribution in [1.82, 2.24) is 4.48 Å². The second-order valence-corrected chi connectivity index (χ2v) is 8.33. The highest BCUT2D eigenvalue weighted by Crippen LogP contribution is 2.51. The van der Waals surface area contributed by atoms with Gasteiger partial charge in [0.25, 0.3) is 0 Å². The van der Waals surface area contributed by atoms with Crippen LogP contribution in [0.1, 0.15) is 0 Å². The van der Waals surface area contributed by atoms with Crippen molar-refractivity contribution in [3.8, 4) is 5.75 Å². The highest BCUT2D eigenvalue weighted by Gasteiger charge is 2.40. The molecular weight excluding hydrogens is 474 g/mol. The summed E-state index contributed by atoms with van der Waals surface area (Å²) in [5.41, 5.74) is 3.68. The number of quaternary nitrogens is 1. The summed E-state index contributed by atoms with van der Waals surface area (Å²) >= 11 is 0. The molecule has 9 nitrogen and oxygen atoms in total. The average Bonchev–Trinajstić information content (AvgIpc) is 2.91. The molecule has 4 rings (SSSR count). The van der Waals surface area contributed by atoms with Crippen molar-refractivity contribution in [1.29, 1.82) is 0 Å². The van der Waals surface area contributed by atoms with Crippen molar-refractivity contribution in [2.75, 3.05) is 0 Å². The first kappa shape index (κ1) is 26.7. The van der Waals surface area contributed by atoms with Gasteiger partial charge in [-0.1, -0.05) is 36.4 Å². The van der Waals surface area contributed by atoms with Crippen LogP contribution in [0.4, 0.5) is 22.7 Å². The lowest BCUT2D eigenvalue weighted by Crippen LogP contribution is -2.36. The van der Waals surface area contributed by atoms with Gasteiger partial charge in [-0.3, -0.25) is 0 Å². The Morgan fingerprint density at radius 1 is 0.459 bits per heavy atom. The second kappa shape index (κ2) is 11.3. The largest absolute Gasteiger partial charge is 0.539 e. The number of nitrogens with zero attached hydrogens (tertiary/aromatic N) is 1. The molecule has 0 atom stereocenters. The van der Waals surface area contributed by atoms with Gasteiger partial charge in [0.15, 0.2) is 0 Å². The smallest absolute Gasteiger partial charge is 0.504 e. The van der Waals surface area contributed by atoms with Crippen molar-refractivity contribution in [3.63, 3.8) is 0 Å². The Balaban J connectivity index is 2.04. The Morgan fingerprint density at radius 3 is 0.973 bits per heavy atom. The maximum Gasteiger partial charge on any atom is 0.504 e. The quantitative estimate of drug-likeness (QED) is 0.111. The highest BCUT2D eigenvalue weighted by atomic mass is 16.5.